The van der Waals surface area contributed by atoms with E-state index in [1.54, 1.807) is 0 Å². The summed E-state index contributed by atoms with van der Waals surface area (Å²) >= 11 is 7.86. The minimum absolute atomic E-state index is 0.213. The number of cyclic esters (lactones) is 1. The second-order valence-corrected chi connectivity index (χ2v) is 3.51. The van der Waals surface area contributed by atoms with Gasteiger partial charge in [-0.3, -0.25) is 4.79 Å². The average Bonchev–Trinajstić information content (AvgIpc) is 1.82. The first-order valence-electron chi connectivity index (χ1n) is 2.27. The van der Waals surface area contributed by atoms with Crippen LogP contribution >= 0.6 is 25.3 Å². The Morgan fingerprint density at radius 2 is 2.25 bits per heavy atom. The van der Waals surface area contributed by atoms with Gasteiger partial charge in [-0.2, -0.15) is 0 Å². The fourth-order valence-corrected chi connectivity index (χ4v) is 0.977. The van der Waals surface area contributed by atoms with Crippen LogP contribution in [0.15, 0.2) is 0 Å². The highest BCUT2D eigenvalue weighted by Gasteiger charge is 2.32. The van der Waals surface area contributed by atoms with E-state index in [0.29, 0.717) is 12.8 Å². The van der Waals surface area contributed by atoms with E-state index in [1.165, 1.54) is 0 Å². The van der Waals surface area contributed by atoms with Gasteiger partial charge in [0.15, 0.2) is 4.27 Å². The lowest BCUT2D eigenvalue weighted by molar-refractivity contribution is -0.139. The Balaban J connectivity index is 2.56. The largest absolute Gasteiger partial charge is 0.439 e. The van der Waals surface area contributed by atoms with Gasteiger partial charge in [0, 0.05) is 6.42 Å². The van der Waals surface area contributed by atoms with Gasteiger partial charge in [0.05, 0.1) is 6.42 Å². The Bertz CT molecular complexity index is 121. The smallest absolute Gasteiger partial charge is 0.308 e. The summed E-state index contributed by atoms with van der Waals surface area (Å²) in [6.07, 6.45) is 1.03. The number of thiol groups is 2. The molecule has 0 unspecified atom stereocenters. The molecular formula is C4H6O2S2. The van der Waals surface area contributed by atoms with E-state index >= 15 is 0 Å². The SMILES string of the molecule is O=C1CCC(S)(S)O1. The number of carbonyl (C=O) groups is 1. The highest BCUT2D eigenvalue weighted by molar-refractivity contribution is 8.00. The number of esters is 1. The second-order valence-electron chi connectivity index (χ2n) is 1.72. The van der Waals surface area contributed by atoms with E-state index in [2.05, 4.69) is 30.0 Å². The molecule has 1 aliphatic rings. The molecule has 1 fully saturated rings. The molecule has 0 N–H and O–H groups in total. The molecule has 0 aromatic rings. The molecule has 0 aromatic heterocycles. The van der Waals surface area contributed by atoms with Crippen molar-refractivity contribution in [2.45, 2.75) is 17.1 Å². The molecule has 0 spiro atoms. The third-order valence-corrected chi connectivity index (χ3v) is 1.56. The second kappa shape index (κ2) is 1.84. The van der Waals surface area contributed by atoms with Gasteiger partial charge in [0.1, 0.15) is 0 Å². The average molecular weight is 150 g/mol. The fraction of sp³-hybridized carbons (Fsp3) is 0.750. The van der Waals surface area contributed by atoms with E-state index in [-0.39, 0.29) is 5.97 Å². The maximum atomic E-state index is 10.3. The van der Waals surface area contributed by atoms with Gasteiger partial charge in [0.2, 0.25) is 0 Å². The summed E-state index contributed by atoms with van der Waals surface area (Å²) in [5, 5.41) is 0. The summed E-state index contributed by atoms with van der Waals surface area (Å²) in [4.78, 5) is 10.3. The van der Waals surface area contributed by atoms with Crippen LogP contribution in [0.3, 0.4) is 0 Å². The molecule has 1 saturated heterocycles. The number of carbonyl (C=O) groups excluding carboxylic acids is 1. The van der Waals surface area contributed by atoms with E-state index < -0.39 is 4.27 Å². The van der Waals surface area contributed by atoms with Crippen LogP contribution in [0, 0.1) is 0 Å². The van der Waals surface area contributed by atoms with Crippen molar-refractivity contribution in [3.63, 3.8) is 0 Å². The molecule has 8 heavy (non-hydrogen) atoms. The van der Waals surface area contributed by atoms with Gasteiger partial charge in [-0.05, 0) is 0 Å². The molecule has 2 nitrogen and oxygen atoms in total. The molecule has 1 heterocycles. The summed E-state index contributed by atoms with van der Waals surface area (Å²) in [6, 6.07) is 0. The molecule has 1 aliphatic heterocycles. The van der Waals surface area contributed by atoms with E-state index in [9.17, 15) is 4.79 Å². The maximum absolute atomic E-state index is 10.3. The lowest BCUT2D eigenvalue weighted by atomic mass is 10.4. The number of rotatable bonds is 0. The summed E-state index contributed by atoms with van der Waals surface area (Å²) in [6.45, 7) is 0. The standard InChI is InChI=1S/C4H6O2S2/c5-3-1-2-4(7,8)6-3/h7-8H,1-2H2. The monoisotopic (exact) mass is 150 g/mol. The predicted octanol–water partition coefficient (Wildman–Crippen LogP) is 0.837. The van der Waals surface area contributed by atoms with Crippen LogP contribution in [0.1, 0.15) is 12.8 Å². The molecule has 1 rings (SSSR count). The predicted molar refractivity (Wildman–Crippen MR) is 36.0 cm³/mol. The van der Waals surface area contributed by atoms with Crippen molar-refractivity contribution in [1.29, 1.82) is 0 Å². The fourth-order valence-electron chi connectivity index (χ4n) is 0.549. The minimum Gasteiger partial charge on any atom is -0.439 e. The van der Waals surface area contributed by atoms with Gasteiger partial charge < -0.3 is 4.74 Å². The van der Waals surface area contributed by atoms with Crippen molar-refractivity contribution in [3.05, 3.63) is 0 Å². The molecule has 0 aromatic carbocycles. The van der Waals surface area contributed by atoms with Gasteiger partial charge >= 0.3 is 5.97 Å². The molecule has 0 aliphatic carbocycles. The van der Waals surface area contributed by atoms with Crippen LogP contribution in [0.25, 0.3) is 0 Å². The zero-order valence-electron chi connectivity index (χ0n) is 4.13. The molecule has 0 amide bonds. The molecule has 0 radical (unpaired) electrons. The third kappa shape index (κ3) is 1.32. The van der Waals surface area contributed by atoms with Gasteiger partial charge in [-0.25, -0.2) is 0 Å². The third-order valence-electron chi connectivity index (χ3n) is 0.932. The van der Waals surface area contributed by atoms with Crippen molar-refractivity contribution >= 4 is 31.2 Å². The molecule has 0 saturated carbocycles. The molecule has 0 bridgehead atoms. The van der Waals surface area contributed by atoms with Crippen molar-refractivity contribution in [2.24, 2.45) is 0 Å². The Kier molecular flexibility index (Phi) is 1.45. The normalized spacial score (nSPS) is 25.5. The zero-order chi connectivity index (χ0) is 6.20. The van der Waals surface area contributed by atoms with Gasteiger partial charge in [-0.15, -0.1) is 25.3 Å². The first-order chi connectivity index (χ1) is 3.60. The molecule has 46 valence electrons. The lowest BCUT2D eigenvalue weighted by Crippen LogP contribution is -2.10. The molecule has 0 atom stereocenters. The lowest BCUT2D eigenvalue weighted by Gasteiger charge is -2.11. The van der Waals surface area contributed by atoms with Crippen LogP contribution in [0.4, 0.5) is 0 Å². The minimum atomic E-state index is -0.795. The van der Waals surface area contributed by atoms with Crippen molar-refractivity contribution in [2.75, 3.05) is 0 Å². The number of ether oxygens (including phenoxy) is 1. The summed E-state index contributed by atoms with van der Waals surface area (Å²) < 4.78 is 3.84. The maximum Gasteiger partial charge on any atom is 0.308 e. The van der Waals surface area contributed by atoms with Crippen LogP contribution < -0.4 is 0 Å². The Hall–Kier alpha value is 0.170. The van der Waals surface area contributed by atoms with Crippen LogP contribution in [-0.2, 0) is 9.53 Å². The number of hydrogen-bond acceptors (Lipinski definition) is 4. The highest BCUT2D eigenvalue weighted by atomic mass is 32.2. The van der Waals surface area contributed by atoms with E-state index in [1.807, 2.05) is 0 Å². The van der Waals surface area contributed by atoms with E-state index in [0.717, 1.165) is 0 Å². The Morgan fingerprint density at radius 1 is 1.62 bits per heavy atom. The number of hydrogen-bond donors (Lipinski definition) is 2. The van der Waals surface area contributed by atoms with Gasteiger partial charge in [0.25, 0.3) is 0 Å². The first-order valence-corrected chi connectivity index (χ1v) is 3.16. The van der Waals surface area contributed by atoms with Crippen molar-refractivity contribution < 1.29 is 9.53 Å². The van der Waals surface area contributed by atoms with Crippen LogP contribution in [0.5, 0.6) is 0 Å². The summed E-state index contributed by atoms with van der Waals surface area (Å²) in [5.74, 6) is -0.213. The summed E-state index contributed by atoms with van der Waals surface area (Å²) in [7, 11) is 0. The van der Waals surface area contributed by atoms with Crippen LogP contribution in [-0.4, -0.2) is 10.2 Å². The van der Waals surface area contributed by atoms with E-state index in [4.69, 9.17) is 0 Å². The summed E-state index contributed by atoms with van der Waals surface area (Å²) in [5.41, 5.74) is 0. The Morgan fingerprint density at radius 3 is 2.38 bits per heavy atom. The van der Waals surface area contributed by atoms with Crippen molar-refractivity contribution in [1.82, 2.24) is 0 Å². The zero-order valence-corrected chi connectivity index (χ0v) is 5.91. The topological polar surface area (TPSA) is 26.3 Å². The highest BCUT2D eigenvalue weighted by Crippen LogP contribution is 2.33. The Labute approximate surface area is 58.4 Å². The molecule has 4 heteroatoms. The molecular weight excluding hydrogens is 144 g/mol. The quantitative estimate of drug-likeness (QED) is 0.304. The van der Waals surface area contributed by atoms with Gasteiger partial charge in [-0.1, -0.05) is 0 Å². The van der Waals surface area contributed by atoms with Crippen molar-refractivity contribution in [3.8, 4) is 0 Å². The van der Waals surface area contributed by atoms with Crippen LogP contribution in [0.2, 0.25) is 0 Å². The first kappa shape index (κ1) is 6.29.